The van der Waals surface area contributed by atoms with E-state index in [1.807, 2.05) is 19.9 Å². The first-order chi connectivity index (χ1) is 13.7. The summed E-state index contributed by atoms with van der Waals surface area (Å²) < 4.78 is 53.3. The predicted octanol–water partition coefficient (Wildman–Crippen LogP) is 2.00. The molecule has 0 atom stereocenters. The van der Waals surface area contributed by atoms with Gasteiger partial charge in [-0.05, 0) is 32.0 Å². The fourth-order valence-corrected chi connectivity index (χ4v) is 5.30. The number of benzene rings is 1. The summed E-state index contributed by atoms with van der Waals surface area (Å²) in [6.45, 7) is 4.16. The molecule has 0 spiro atoms. The molecule has 11 heteroatoms. The van der Waals surface area contributed by atoms with Gasteiger partial charge < -0.3 is 4.90 Å². The molecule has 2 heterocycles. The second-order valence-corrected chi connectivity index (χ2v) is 9.43. The zero-order valence-corrected chi connectivity index (χ0v) is 17.6. The number of rotatable bonds is 5. The number of hydrogen-bond acceptors (Lipinski definition) is 6. The van der Waals surface area contributed by atoms with E-state index in [1.165, 1.54) is 11.8 Å². The molecule has 1 amide bonds. The molecule has 0 saturated carbocycles. The van der Waals surface area contributed by atoms with E-state index in [-0.39, 0.29) is 37.8 Å². The van der Waals surface area contributed by atoms with E-state index in [9.17, 15) is 22.0 Å². The highest BCUT2D eigenvalue weighted by atomic mass is 32.2. The van der Waals surface area contributed by atoms with E-state index in [0.29, 0.717) is 11.2 Å². The number of carbonyl (C=O) groups excluding carboxylic acids is 1. The van der Waals surface area contributed by atoms with Crippen LogP contribution in [0.15, 0.2) is 34.3 Å². The largest absolute Gasteiger partial charge is 0.339 e. The fraction of sp³-hybridized carbons (Fsp3) is 0.389. The summed E-state index contributed by atoms with van der Waals surface area (Å²) in [6, 6.07) is 4.20. The summed E-state index contributed by atoms with van der Waals surface area (Å²) in [5.74, 6) is -1.99. The average Bonchev–Trinajstić information content (AvgIpc) is 2.65. The first-order valence-electron chi connectivity index (χ1n) is 8.85. The summed E-state index contributed by atoms with van der Waals surface area (Å²) in [7, 11) is -4.09. The van der Waals surface area contributed by atoms with E-state index in [2.05, 4.69) is 9.97 Å². The molecule has 156 valence electrons. The second-order valence-electron chi connectivity index (χ2n) is 6.58. The van der Waals surface area contributed by atoms with Crippen LogP contribution in [0.1, 0.15) is 11.4 Å². The van der Waals surface area contributed by atoms with Crippen LogP contribution < -0.4 is 0 Å². The first-order valence-corrected chi connectivity index (χ1v) is 11.3. The molecule has 29 heavy (non-hydrogen) atoms. The highest BCUT2D eigenvalue weighted by Crippen LogP contribution is 2.22. The van der Waals surface area contributed by atoms with Crippen LogP contribution in [0.5, 0.6) is 0 Å². The van der Waals surface area contributed by atoms with E-state index in [0.717, 1.165) is 27.8 Å². The standard InChI is InChI=1S/C18H20F2N4O3S2/c1-12-9-13(2)22-18(21-12)28-11-17(25)23-5-7-24(8-6-23)29(26,27)16-4-3-14(19)10-15(16)20/h3-4,9-10H,5-8,11H2,1-2H3. The maximum atomic E-state index is 13.9. The number of nitrogens with zero attached hydrogens (tertiary/aromatic N) is 4. The van der Waals surface area contributed by atoms with Gasteiger partial charge in [0.1, 0.15) is 16.5 Å². The smallest absolute Gasteiger partial charge is 0.246 e. The number of aryl methyl sites for hydroxylation is 2. The zero-order chi connectivity index (χ0) is 21.2. The van der Waals surface area contributed by atoms with Crippen LogP contribution in [-0.4, -0.2) is 65.4 Å². The third kappa shape index (κ3) is 5.09. The molecule has 0 N–H and O–H groups in total. The summed E-state index contributed by atoms with van der Waals surface area (Å²) in [5, 5.41) is 0.517. The second kappa shape index (κ2) is 8.72. The van der Waals surface area contributed by atoms with Gasteiger partial charge in [-0.2, -0.15) is 4.31 Å². The van der Waals surface area contributed by atoms with E-state index in [1.54, 1.807) is 4.90 Å². The van der Waals surface area contributed by atoms with Gasteiger partial charge in [0.15, 0.2) is 5.16 Å². The van der Waals surface area contributed by atoms with E-state index >= 15 is 0 Å². The molecule has 0 aliphatic carbocycles. The Morgan fingerprint density at radius 3 is 2.28 bits per heavy atom. The highest BCUT2D eigenvalue weighted by molar-refractivity contribution is 7.99. The number of amides is 1. The van der Waals surface area contributed by atoms with E-state index < -0.39 is 26.6 Å². The van der Waals surface area contributed by atoms with Crippen LogP contribution in [0, 0.1) is 25.5 Å². The number of halogens is 2. The Hall–Kier alpha value is -2.11. The minimum Gasteiger partial charge on any atom is -0.339 e. The first kappa shape index (κ1) is 21.6. The molecule has 1 fully saturated rings. The molecular weight excluding hydrogens is 422 g/mol. The summed E-state index contributed by atoms with van der Waals surface area (Å²) >= 11 is 1.23. The minimum atomic E-state index is -4.09. The number of aromatic nitrogens is 2. The maximum absolute atomic E-state index is 13.9. The van der Waals surface area contributed by atoms with Crippen molar-refractivity contribution in [3.63, 3.8) is 0 Å². The Labute approximate surface area is 172 Å². The molecule has 7 nitrogen and oxygen atoms in total. The normalized spacial score (nSPS) is 15.5. The van der Waals surface area contributed by atoms with Crippen molar-refractivity contribution in [1.82, 2.24) is 19.2 Å². The van der Waals surface area contributed by atoms with Crippen LogP contribution in [0.25, 0.3) is 0 Å². The lowest BCUT2D eigenvalue weighted by Gasteiger charge is -2.34. The quantitative estimate of drug-likeness (QED) is 0.520. The maximum Gasteiger partial charge on any atom is 0.246 e. The Morgan fingerprint density at radius 1 is 1.07 bits per heavy atom. The van der Waals surface area contributed by atoms with Crippen LogP contribution in [-0.2, 0) is 14.8 Å². The lowest BCUT2D eigenvalue weighted by molar-refractivity contribution is -0.129. The van der Waals surface area contributed by atoms with Crippen molar-refractivity contribution in [2.24, 2.45) is 0 Å². The van der Waals surface area contributed by atoms with Gasteiger partial charge >= 0.3 is 0 Å². The number of sulfonamides is 1. The van der Waals surface area contributed by atoms with Crippen molar-refractivity contribution in [1.29, 1.82) is 0 Å². The van der Waals surface area contributed by atoms with Crippen LogP contribution in [0.2, 0.25) is 0 Å². The lowest BCUT2D eigenvalue weighted by atomic mass is 10.3. The van der Waals surface area contributed by atoms with Gasteiger partial charge in [0.05, 0.1) is 5.75 Å². The SMILES string of the molecule is Cc1cc(C)nc(SCC(=O)N2CCN(S(=O)(=O)c3ccc(F)cc3F)CC2)n1. The minimum absolute atomic E-state index is 0.0373. The predicted molar refractivity (Wildman–Crippen MR) is 104 cm³/mol. The molecule has 0 unspecified atom stereocenters. The lowest BCUT2D eigenvalue weighted by Crippen LogP contribution is -2.51. The van der Waals surface area contributed by atoms with Crippen LogP contribution in [0.3, 0.4) is 0 Å². The van der Waals surface area contributed by atoms with Crippen molar-refractivity contribution >= 4 is 27.7 Å². The molecule has 0 radical (unpaired) electrons. The molecule has 3 rings (SSSR count). The van der Waals surface area contributed by atoms with Gasteiger partial charge in [0, 0.05) is 43.6 Å². The Bertz CT molecular complexity index is 1010. The van der Waals surface area contributed by atoms with Crippen molar-refractivity contribution in [3.05, 3.63) is 47.3 Å². The van der Waals surface area contributed by atoms with Gasteiger partial charge in [0.25, 0.3) is 0 Å². The van der Waals surface area contributed by atoms with Gasteiger partial charge in [-0.25, -0.2) is 27.2 Å². The highest BCUT2D eigenvalue weighted by Gasteiger charge is 2.32. The summed E-state index contributed by atoms with van der Waals surface area (Å²) in [4.78, 5) is 22.0. The molecule has 2 aromatic rings. The Balaban J connectivity index is 1.58. The van der Waals surface area contributed by atoms with Crippen molar-refractivity contribution in [2.75, 3.05) is 31.9 Å². The summed E-state index contributed by atoms with van der Waals surface area (Å²) in [6.07, 6.45) is 0. The number of hydrogen-bond donors (Lipinski definition) is 0. The molecule has 1 aliphatic rings. The molecule has 1 aromatic heterocycles. The Kier molecular flexibility index (Phi) is 6.49. The molecule has 0 bridgehead atoms. The fourth-order valence-electron chi connectivity index (χ4n) is 2.98. The monoisotopic (exact) mass is 442 g/mol. The van der Waals surface area contributed by atoms with Gasteiger partial charge in [-0.1, -0.05) is 11.8 Å². The summed E-state index contributed by atoms with van der Waals surface area (Å²) in [5.41, 5.74) is 1.64. The van der Waals surface area contributed by atoms with Gasteiger partial charge in [-0.15, -0.1) is 0 Å². The average molecular weight is 443 g/mol. The topological polar surface area (TPSA) is 83.5 Å². The number of piperazine rings is 1. The van der Waals surface area contributed by atoms with E-state index in [4.69, 9.17) is 0 Å². The van der Waals surface area contributed by atoms with Gasteiger partial charge in [-0.3, -0.25) is 4.79 Å². The molecule has 1 aliphatic heterocycles. The third-order valence-corrected chi connectivity index (χ3v) is 7.15. The van der Waals surface area contributed by atoms with Crippen LogP contribution >= 0.6 is 11.8 Å². The van der Waals surface area contributed by atoms with Crippen molar-refractivity contribution in [3.8, 4) is 0 Å². The number of thioether (sulfide) groups is 1. The van der Waals surface area contributed by atoms with Crippen LogP contribution in [0.4, 0.5) is 8.78 Å². The molecule has 1 saturated heterocycles. The van der Waals surface area contributed by atoms with Gasteiger partial charge in [0.2, 0.25) is 15.9 Å². The van der Waals surface area contributed by atoms with Crippen molar-refractivity contribution < 1.29 is 22.0 Å². The number of carbonyl (C=O) groups is 1. The molecule has 1 aromatic carbocycles. The van der Waals surface area contributed by atoms with Crippen molar-refractivity contribution in [2.45, 2.75) is 23.9 Å². The molecular formula is C18H20F2N4O3S2. The third-order valence-electron chi connectivity index (χ3n) is 4.39. The Morgan fingerprint density at radius 2 is 1.69 bits per heavy atom. The zero-order valence-electron chi connectivity index (χ0n) is 15.9.